The number of allylic oxidation sites excluding steroid dienone is 3. The first-order valence-electron chi connectivity index (χ1n) is 8.72. The van der Waals surface area contributed by atoms with Crippen molar-refractivity contribution in [2.75, 3.05) is 0 Å². The number of carboxylic acid groups (broad SMARTS) is 1. The molecule has 0 bridgehead atoms. The van der Waals surface area contributed by atoms with Crippen LogP contribution in [0, 0.1) is 0 Å². The summed E-state index contributed by atoms with van der Waals surface area (Å²) in [4.78, 5) is 15.2. The van der Waals surface area contributed by atoms with Crippen LogP contribution in [0.2, 0.25) is 0 Å². The molecule has 0 rings (SSSR count). The quantitative estimate of drug-likeness (QED) is 0.174. The molecule has 5 heteroatoms. The van der Waals surface area contributed by atoms with E-state index in [1.165, 1.54) is 19.3 Å². The molecule has 134 valence electrons. The van der Waals surface area contributed by atoms with Crippen molar-refractivity contribution >= 4 is 5.97 Å². The SMILES string of the molecule is CCCCC/C=C/C=C/C(CCCCCCCC(=O)O)OOO. The van der Waals surface area contributed by atoms with E-state index in [2.05, 4.69) is 18.0 Å². The van der Waals surface area contributed by atoms with Crippen molar-refractivity contribution in [3.63, 3.8) is 0 Å². The van der Waals surface area contributed by atoms with E-state index in [1.54, 1.807) is 0 Å². The molecule has 0 fully saturated rings. The highest BCUT2D eigenvalue weighted by atomic mass is 17.5. The van der Waals surface area contributed by atoms with Crippen LogP contribution in [0.25, 0.3) is 0 Å². The normalized spacial score (nSPS) is 13.1. The van der Waals surface area contributed by atoms with Gasteiger partial charge < -0.3 is 5.11 Å². The zero-order valence-electron chi connectivity index (χ0n) is 14.3. The summed E-state index contributed by atoms with van der Waals surface area (Å²) in [6.07, 6.45) is 18.1. The topological polar surface area (TPSA) is 76.0 Å². The first-order chi connectivity index (χ1) is 11.2. The molecule has 1 unspecified atom stereocenters. The molecule has 0 spiro atoms. The van der Waals surface area contributed by atoms with Gasteiger partial charge in [0, 0.05) is 6.42 Å². The molecular weight excluding hydrogens is 296 g/mol. The summed E-state index contributed by atoms with van der Waals surface area (Å²) in [5, 5.41) is 20.8. The fraction of sp³-hybridized carbons (Fsp3) is 0.722. The second-order valence-corrected chi connectivity index (χ2v) is 5.72. The van der Waals surface area contributed by atoms with Crippen LogP contribution >= 0.6 is 0 Å². The van der Waals surface area contributed by atoms with E-state index in [1.807, 2.05) is 18.2 Å². The Bertz CT molecular complexity index is 325. The van der Waals surface area contributed by atoms with E-state index < -0.39 is 5.97 Å². The lowest BCUT2D eigenvalue weighted by Crippen LogP contribution is -2.09. The summed E-state index contributed by atoms with van der Waals surface area (Å²) < 4.78 is 0. The fourth-order valence-corrected chi connectivity index (χ4v) is 2.26. The minimum Gasteiger partial charge on any atom is -0.481 e. The van der Waals surface area contributed by atoms with Gasteiger partial charge in [0.2, 0.25) is 0 Å². The second kappa shape index (κ2) is 17.2. The molecule has 0 amide bonds. The number of carbonyl (C=O) groups is 1. The molecule has 0 radical (unpaired) electrons. The van der Waals surface area contributed by atoms with Crippen LogP contribution in [-0.2, 0) is 14.7 Å². The number of hydrogen-bond donors (Lipinski definition) is 2. The number of unbranched alkanes of at least 4 members (excludes halogenated alkanes) is 7. The Balaban J connectivity index is 3.74. The first kappa shape index (κ1) is 21.8. The monoisotopic (exact) mass is 328 g/mol. The molecule has 0 aromatic heterocycles. The van der Waals surface area contributed by atoms with Gasteiger partial charge in [0.1, 0.15) is 6.10 Å². The number of carboxylic acids is 1. The maximum absolute atomic E-state index is 10.4. The van der Waals surface area contributed by atoms with Gasteiger partial charge in [0.05, 0.1) is 0 Å². The Hall–Kier alpha value is -1.17. The Morgan fingerprint density at radius 3 is 2.48 bits per heavy atom. The predicted octanol–water partition coefficient (Wildman–Crippen LogP) is 5.28. The molecular formula is C18H32O5. The molecule has 0 aromatic carbocycles. The van der Waals surface area contributed by atoms with Gasteiger partial charge in [-0.2, -0.15) is 4.89 Å². The Morgan fingerprint density at radius 2 is 1.78 bits per heavy atom. The minimum atomic E-state index is -0.730. The van der Waals surface area contributed by atoms with E-state index in [-0.39, 0.29) is 12.5 Å². The van der Waals surface area contributed by atoms with Crippen LogP contribution in [0.5, 0.6) is 0 Å². The average molecular weight is 328 g/mol. The Morgan fingerprint density at radius 1 is 1.04 bits per heavy atom. The highest BCUT2D eigenvalue weighted by molar-refractivity contribution is 5.66. The lowest BCUT2D eigenvalue weighted by Gasteiger charge is -2.09. The molecule has 0 aliphatic heterocycles. The highest BCUT2D eigenvalue weighted by Crippen LogP contribution is 2.12. The highest BCUT2D eigenvalue weighted by Gasteiger charge is 2.05. The van der Waals surface area contributed by atoms with Gasteiger partial charge in [0.25, 0.3) is 0 Å². The van der Waals surface area contributed by atoms with Gasteiger partial charge in [-0.3, -0.25) is 4.79 Å². The number of rotatable bonds is 16. The smallest absolute Gasteiger partial charge is 0.303 e. The van der Waals surface area contributed by atoms with Crippen molar-refractivity contribution < 1.29 is 25.1 Å². The van der Waals surface area contributed by atoms with Crippen LogP contribution in [0.1, 0.15) is 77.6 Å². The van der Waals surface area contributed by atoms with E-state index in [0.29, 0.717) is 0 Å². The molecule has 0 aliphatic rings. The number of aliphatic carboxylic acids is 1. The predicted molar refractivity (Wildman–Crippen MR) is 91.0 cm³/mol. The molecule has 0 saturated heterocycles. The Kier molecular flexibility index (Phi) is 16.3. The lowest BCUT2D eigenvalue weighted by atomic mass is 10.1. The molecule has 0 saturated carbocycles. The molecule has 0 aliphatic carbocycles. The molecule has 0 aromatic rings. The summed E-state index contributed by atoms with van der Waals surface area (Å²) in [5.41, 5.74) is 0. The van der Waals surface area contributed by atoms with Crippen molar-refractivity contribution in [1.82, 2.24) is 0 Å². The number of hydrogen-bond acceptors (Lipinski definition) is 4. The summed E-state index contributed by atoms with van der Waals surface area (Å²) in [6, 6.07) is 0. The Labute approximate surface area is 139 Å². The third-order valence-electron chi connectivity index (χ3n) is 3.59. The summed E-state index contributed by atoms with van der Waals surface area (Å²) >= 11 is 0. The fourth-order valence-electron chi connectivity index (χ4n) is 2.26. The van der Waals surface area contributed by atoms with Gasteiger partial charge in [-0.1, -0.05) is 74.8 Å². The van der Waals surface area contributed by atoms with E-state index >= 15 is 0 Å². The molecule has 2 N–H and O–H groups in total. The zero-order chi connectivity index (χ0) is 17.2. The molecule has 5 nitrogen and oxygen atoms in total. The molecule has 1 atom stereocenters. The van der Waals surface area contributed by atoms with E-state index in [0.717, 1.165) is 44.9 Å². The van der Waals surface area contributed by atoms with Gasteiger partial charge in [-0.25, -0.2) is 5.26 Å². The van der Waals surface area contributed by atoms with Gasteiger partial charge in [-0.15, -0.1) is 0 Å². The maximum atomic E-state index is 10.4. The lowest BCUT2D eigenvalue weighted by molar-refractivity contribution is -0.501. The first-order valence-corrected chi connectivity index (χ1v) is 8.72. The largest absolute Gasteiger partial charge is 0.481 e. The van der Waals surface area contributed by atoms with Crippen LogP contribution in [0.15, 0.2) is 24.3 Å². The van der Waals surface area contributed by atoms with E-state index in [4.69, 9.17) is 15.3 Å². The van der Waals surface area contributed by atoms with Crippen molar-refractivity contribution in [2.24, 2.45) is 0 Å². The summed E-state index contributed by atoms with van der Waals surface area (Å²) in [6.45, 7) is 2.19. The van der Waals surface area contributed by atoms with E-state index in [9.17, 15) is 4.79 Å². The third kappa shape index (κ3) is 17.0. The standard InChI is InChI=1S/C18H32O5/c1-2-3-4-5-6-8-11-14-17(22-23-21)15-12-9-7-10-13-16-18(19)20/h6,8,11,14,17,21H,2-5,7,9-10,12-13,15-16H2,1H3,(H,19,20)/b8-6+,14-11+. The van der Waals surface area contributed by atoms with Gasteiger partial charge in [0.15, 0.2) is 0 Å². The van der Waals surface area contributed by atoms with Crippen LogP contribution in [0.4, 0.5) is 0 Å². The second-order valence-electron chi connectivity index (χ2n) is 5.72. The van der Waals surface area contributed by atoms with Crippen LogP contribution in [-0.4, -0.2) is 22.4 Å². The third-order valence-corrected chi connectivity index (χ3v) is 3.59. The average Bonchev–Trinajstić information content (AvgIpc) is 2.52. The van der Waals surface area contributed by atoms with Crippen molar-refractivity contribution in [1.29, 1.82) is 0 Å². The molecule has 0 heterocycles. The van der Waals surface area contributed by atoms with Crippen molar-refractivity contribution in [2.45, 2.75) is 83.7 Å². The molecule has 23 heavy (non-hydrogen) atoms. The minimum absolute atomic E-state index is 0.247. The van der Waals surface area contributed by atoms with Crippen LogP contribution < -0.4 is 0 Å². The van der Waals surface area contributed by atoms with Gasteiger partial charge >= 0.3 is 5.97 Å². The summed E-state index contributed by atoms with van der Waals surface area (Å²) in [7, 11) is 0. The zero-order valence-corrected chi connectivity index (χ0v) is 14.3. The summed E-state index contributed by atoms with van der Waals surface area (Å²) in [5.74, 6) is -0.730. The van der Waals surface area contributed by atoms with Gasteiger partial charge in [-0.05, 0) is 25.7 Å². The van der Waals surface area contributed by atoms with Crippen LogP contribution in [0.3, 0.4) is 0 Å². The maximum Gasteiger partial charge on any atom is 0.303 e. The van der Waals surface area contributed by atoms with Crippen molar-refractivity contribution in [3.05, 3.63) is 24.3 Å². The van der Waals surface area contributed by atoms with Crippen molar-refractivity contribution in [3.8, 4) is 0 Å².